The molecule has 0 spiro atoms. The van der Waals surface area contributed by atoms with Gasteiger partial charge >= 0.3 is 0 Å². The lowest BCUT2D eigenvalue weighted by molar-refractivity contribution is -0.136. The van der Waals surface area contributed by atoms with Crippen molar-refractivity contribution in [3.63, 3.8) is 0 Å². The van der Waals surface area contributed by atoms with Crippen molar-refractivity contribution in [1.82, 2.24) is 10.2 Å². The van der Waals surface area contributed by atoms with Crippen LogP contribution in [-0.4, -0.2) is 34.5 Å². The van der Waals surface area contributed by atoms with Crippen molar-refractivity contribution in [2.24, 2.45) is 0 Å². The predicted octanol–water partition coefficient (Wildman–Crippen LogP) is 2.21. The SMILES string of the molecule is O=C(C1CSCN1)N(Cc1ccco1)C1CCCC1. The molecule has 19 heavy (non-hydrogen) atoms. The van der Waals surface area contributed by atoms with E-state index in [1.807, 2.05) is 17.0 Å². The lowest BCUT2D eigenvalue weighted by Gasteiger charge is -2.30. The Morgan fingerprint density at radius 1 is 1.47 bits per heavy atom. The quantitative estimate of drug-likeness (QED) is 0.918. The van der Waals surface area contributed by atoms with Gasteiger partial charge in [0.05, 0.1) is 18.8 Å². The maximum Gasteiger partial charge on any atom is 0.241 e. The number of hydrogen-bond donors (Lipinski definition) is 1. The van der Waals surface area contributed by atoms with E-state index in [9.17, 15) is 4.79 Å². The molecule has 0 bridgehead atoms. The molecule has 3 rings (SSSR count). The van der Waals surface area contributed by atoms with Crippen LogP contribution in [0.5, 0.6) is 0 Å². The zero-order chi connectivity index (χ0) is 13.1. The molecule has 1 unspecified atom stereocenters. The molecule has 1 aliphatic heterocycles. The van der Waals surface area contributed by atoms with Gasteiger partial charge in [-0.1, -0.05) is 12.8 Å². The summed E-state index contributed by atoms with van der Waals surface area (Å²) in [5, 5.41) is 3.28. The monoisotopic (exact) mass is 280 g/mol. The average Bonchev–Trinajstić information content (AvgIpc) is 3.15. The highest BCUT2D eigenvalue weighted by Gasteiger charge is 2.33. The molecule has 0 radical (unpaired) electrons. The number of amides is 1. The molecule has 1 amide bonds. The number of carbonyl (C=O) groups excluding carboxylic acids is 1. The highest BCUT2D eigenvalue weighted by atomic mass is 32.2. The van der Waals surface area contributed by atoms with Gasteiger partial charge in [-0.05, 0) is 25.0 Å². The Balaban J connectivity index is 1.72. The summed E-state index contributed by atoms with van der Waals surface area (Å²) in [6.07, 6.45) is 6.41. The van der Waals surface area contributed by atoms with Crippen LogP contribution in [0.15, 0.2) is 22.8 Å². The van der Waals surface area contributed by atoms with Gasteiger partial charge in [0.1, 0.15) is 5.76 Å². The summed E-state index contributed by atoms with van der Waals surface area (Å²) in [4.78, 5) is 14.7. The summed E-state index contributed by atoms with van der Waals surface area (Å²) in [7, 11) is 0. The first-order valence-electron chi connectivity index (χ1n) is 6.98. The first-order valence-corrected chi connectivity index (χ1v) is 8.14. The molecule has 2 fully saturated rings. The lowest BCUT2D eigenvalue weighted by atomic mass is 10.1. The number of thioether (sulfide) groups is 1. The van der Waals surface area contributed by atoms with Gasteiger partial charge in [-0.2, -0.15) is 0 Å². The molecule has 1 atom stereocenters. The molecule has 2 aliphatic rings. The van der Waals surface area contributed by atoms with Crippen molar-refractivity contribution in [1.29, 1.82) is 0 Å². The predicted molar refractivity (Wildman–Crippen MR) is 75.8 cm³/mol. The van der Waals surface area contributed by atoms with Crippen LogP contribution < -0.4 is 5.32 Å². The zero-order valence-electron chi connectivity index (χ0n) is 11.0. The van der Waals surface area contributed by atoms with Crippen LogP contribution in [-0.2, 0) is 11.3 Å². The van der Waals surface area contributed by atoms with Crippen LogP contribution in [0.25, 0.3) is 0 Å². The van der Waals surface area contributed by atoms with Crippen LogP contribution in [0, 0.1) is 0 Å². The second kappa shape index (κ2) is 6.01. The van der Waals surface area contributed by atoms with E-state index in [0.29, 0.717) is 12.6 Å². The van der Waals surface area contributed by atoms with Crippen molar-refractivity contribution in [2.45, 2.75) is 44.3 Å². The van der Waals surface area contributed by atoms with E-state index in [4.69, 9.17) is 4.42 Å². The molecule has 1 N–H and O–H groups in total. The molecule has 1 aromatic rings. The van der Waals surface area contributed by atoms with Crippen LogP contribution in [0.2, 0.25) is 0 Å². The largest absolute Gasteiger partial charge is 0.467 e. The summed E-state index contributed by atoms with van der Waals surface area (Å²) < 4.78 is 5.42. The van der Waals surface area contributed by atoms with E-state index in [-0.39, 0.29) is 11.9 Å². The lowest BCUT2D eigenvalue weighted by Crippen LogP contribution is -2.48. The molecular weight excluding hydrogens is 260 g/mol. The fourth-order valence-electron chi connectivity index (χ4n) is 2.93. The number of rotatable bonds is 4. The third kappa shape index (κ3) is 2.98. The first-order chi connectivity index (χ1) is 9.34. The maximum absolute atomic E-state index is 12.7. The Morgan fingerprint density at radius 2 is 2.32 bits per heavy atom. The fraction of sp³-hybridized carbons (Fsp3) is 0.643. The van der Waals surface area contributed by atoms with E-state index in [2.05, 4.69) is 5.32 Å². The molecule has 1 aromatic heterocycles. The highest BCUT2D eigenvalue weighted by Crippen LogP contribution is 2.26. The highest BCUT2D eigenvalue weighted by molar-refractivity contribution is 7.99. The normalized spacial score (nSPS) is 23.9. The molecule has 5 heteroatoms. The van der Waals surface area contributed by atoms with E-state index in [1.165, 1.54) is 12.8 Å². The Morgan fingerprint density at radius 3 is 2.95 bits per heavy atom. The van der Waals surface area contributed by atoms with Crippen LogP contribution in [0.4, 0.5) is 0 Å². The second-order valence-corrected chi connectivity index (χ2v) is 6.29. The van der Waals surface area contributed by atoms with E-state index in [0.717, 1.165) is 30.2 Å². The number of carbonyl (C=O) groups is 1. The summed E-state index contributed by atoms with van der Waals surface area (Å²) in [6, 6.07) is 4.22. The summed E-state index contributed by atoms with van der Waals surface area (Å²) >= 11 is 1.80. The molecule has 1 saturated carbocycles. The minimum Gasteiger partial charge on any atom is -0.467 e. The van der Waals surface area contributed by atoms with Crippen molar-refractivity contribution in [3.05, 3.63) is 24.2 Å². The molecule has 1 saturated heterocycles. The number of furan rings is 1. The molecule has 1 aliphatic carbocycles. The van der Waals surface area contributed by atoms with Gasteiger partial charge in [-0.25, -0.2) is 0 Å². The zero-order valence-corrected chi connectivity index (χ0v) is 11.8. The van der Waals surface area contributed by atoms with Gasteiger partial charge in [0.25, 0.3) is 0 Å². The molecule has 0 aromatic carbocycles. The van der Waals surface area contributed by atoms with E-state index < -0.39 is 0 Å². The number of hydrogen-bond acceptors (Lipinski definition) is 4. The molecular formula is C14H20N2O2S. The van der Waals surface area contributed by atoms with Gasteiger partial charge in [0.2, 0.25) is 5.91 Å². The number of nitrogens with one attached hydrogen (secondary N) is 1. The van der Waals surface area contributed by atoms with Crippen LogP contribution in [0.3, 0.4) is 0 Å². The van der Waals surface area contributed by atoms with Crippen molar-refractivity contribution in [2.75, 3.05) is 11.6 Å². The van der Waals surface area contributed by atoms with E-state index >= 15 is 0 Å². The number of nitrogens with zero attached hydrogens (tertiary/aromatic N) is 1. The third-order valence-corrected chi connectivity index (χ3v) is 4.91. The Labute approximate surface area is 117 Å². The molecule has 2 heterocycles. The van der Waals surface area contributed by atoms with Gasteiger partial charge < -0.3 is 9.32 Å². The summed E-state index contributed by atoms with van der Waals surface area (Å²) in [5.74, 6) is 2.90. The Hall–Kier alpha value is -0.940. The van der Waals surface area contributed by atoms with Gasteiger partial charge in [-0.15, -0.1) is 11.8 Å². The Kier molecular flexibility index (Phi) is 4.13. The summed E-state index contributed by atoms with van der Waals surface area (Å²) in [5.41, 5.74) is 0. The van der Waals surface area contributed by atoms with E-state index in [1.54, 1.807) is 18.0 Å². The van der Waals surface area contributed by atoms with Gasteiger partial charge in [0, 0.05) is 17.7 Å². The first kappa shape index (κ1) is 13.1. The van der Waals surface area contributed by atoms with Crippen LogP contribution in [0.1, 0.15) is 31.4 Å². The smallest absolute Gasteiger partial charge is 0.241 e. The molecule has 104 valence electrons. The average molecular weight is 280 g/mol. The van der Waals surface area contributed by atoms with Gasteiger partial charge in [-0.3, -0.25) is 10.1 Å². The van der Waals surface area contributed by atoms with Gasteiger partial charge in [0.15, 0.2) is 0 Å². The van der Waals surface area contributed by atoms with Crippen LogP contribution >= 0.6 is 11.8 Å². The molecule has 4 nitrogen and oxygen atoms in total. The minimum absolute atomic E-state index is 0.0134. The second-order valence-electron chi connectivity index (χ2n) is 5.26. The summed E-state index contributed by atoms with van der Waals surface area (Å²) in [6.45, 7) is 0.610. The van der Waals surface area contributed by atoms with Crippen molar-refractivity contribution >= 4 is 17.7 Å². The van der Waals surface area contributed by atoms with Crippen molar-refractivity contribution in [3.8, 4) is 0 Å². The minimum atomic E-state index is -0.0134. The fourth-order valence-corrected chi connectivity index (χ4v) is 3.86. The maximum atomic E-state index is 12.7. The topological polar surface area (TPSA) is 45.5 Å². The Bertz CT molecular complexity index is 409. The standard InChI is InChI=1S/C14H20N2O2S/c17-14(13-9-19-10-15-13)16(11-4-1-2-5-11)8-12-6-3-7-18-12/h3,6-7,11,13,15H,1-2,4-5,8-10H2. The van der Waals surface area contributed by atoms with Crippen molar-refractivity contribution < 1.29 is 9.21 Å². The third-order valence-electron chi connectivity index (χ3n) is 3.97.